The minimum absolute atomic E-state index is 0.148. The van der Waals surface area contributed by atoms with E-state index >= 15 is 0 Å². The predicted molar refractivity (Wildman–Crippen MR) is 75.2 cm³/mol. The van der Waals surface area contributed by atoms with E-state index in [-0.39, 0.29) is 5.91 Å². The first-order valence-corrected chi connectivity index (χ1v) is 6.73. The van der Waals surface area contributed by atoms with E-state index in [1.54, 1.807) is 0 Å². The van der Waals surface area contributed by atoms with Gasteiger partial charge in [0.2, 0.25) is 5.91 Å². The van der Waals surface area contributed by atoms with Crippen molar-refractivity contribution in [3.8, 4) is 0 Å². The Bertz CT molecular complexity index is 338. The van der Waals surface area contributed by atoms with E-state index in [4.69, 9.17) is 5.73 Å². The van der Waals surface area contributed by atoms with Gasteiger partial charge in [-0.05, 0) is 37.3 Å². The van der Waals surface area contributed by atoms with Gasteiger partial charge < -0.3 is 11.1 Å². The summed E-state index contributed by atoms with van der Waals surface area (Å²) in [5.74, 6) is 0.614. The summed E-state index contributed by atoms with van der Waals surface area (Å²) < 4.78 is 0. The van der Waals surface area contributed by atoms with Gasteiger partial charge in [0.25, 0.3) is 0 Å². The van der Waals surface area contributed by atoms with E-state index in [1.165, 1.54) is 5.56 Å². The molecule has 0 bridgehead atoms. The molecule has 0 aliphatic rings. The first-order valence-electron chi connectivity index (χ1n) is 6.73. The number of amides is 1. The van der Waals surface area contributed by atoms with Gasteiger partial charge in [-0.2, -0.15) is 0 Å². The number of hydrogen-bond donors (Lipinski definition) is 2. The maximum absolute atomic E-state index is 11.6. The fraction of sp³-hybridized carbons (Fsp3) is 0.533. The smallest absolute Gasteiger partial charge is 0.220 e. The van der Waals surface area contributed by atoms with Crippen LogP contribution in [0.15, 0.2) is 30.3 Å². The second kappa shape index (κ2) is 8.70. The van der Waals surface area contributed by atoms with Crippen LogP contribution in [0.1, 0.15) is 31.7 Å². The minimum atomic E-state index is 0.148. The number of nitrogens with two attached hydrogens (primary N) is 1. The van der Waals surface area contributed by atoms with Crippen LogP contribution in [0.3, 0.4) is 0 Å². The Morgan fingerprint density at radius 3 is 2.72 bits per heavy atom. The number of nitrogens with one attached hydrogen (secondary N) is 1. The molecule has 1 rings (SSSR count). The zero-order valence-electron chi connectivity index (χ0n) is 11.2. The van der Waals surface area contributed by atoms with Gasteiger partial charge >= 0.3 is 0 Å². The molecule has 3 N–H and O–H groups in total. The van der Waals surface area contributed by atoms with Gasteiger partial charge in [0.1, 0.15) is 0 Å². The van der Waals surface area contributed by atoms with Crippen LogP contribution < -0.4 is 11.1 Å². The lowest BCUT2D eigenvalue weighted by molar-refractivity contribution is -0.121. The van der Waals surface area contributed by atoms with E-state index in [9.17, 15) is 4.79 Å². The Labute approximate surface area is 110 Å². The first kappa shape index (κ1) is 14.7. The van der Waals surface area contributed by atoms with Gasteiger partial charge in [-0.3, -0.25) is 4.79 Å². The molecule has 18 heavy (non-hydrogen) atoms. The van der Waals surface area contributed by atoms with E-state index in [2.05, 4.69) is 24.4 Å². The van der Waals surface area contributed by atoms with E-state index in [0.29, 0.717) is 18.9 Å². The molecular weight excluding hydrogens is 224 g/mol. The molecule has 0 radical (unpaired) electrons. The lowest BCUT2D eigenvalue weighted by atomic mass is 10.1. The lowest BCUT2D eigenvalue weighted by Gasteiger charge is -2.11. The summed E-state index contributed by atoms with van der Waals surface area (Å²) in [6.45, 7) is 3.53. The standard InChI is InChI=1S/C15H24N2O/c1-13(10-11-16)12-17-15(18)9-5-8-14-6-3-2-4-7-14/h2-4,6-7,13H,5,8-12,16H2,1H3,(H,17,18). The topological polar surface area (TPSA) is 55.1 Å². The lowest BCUT2D eigenvalue weighted by Crippen LogP contribution is -2.29. The van der Waals surface area contributed by atoms with Crippen LogP contribution in [0.2, 0.25) is 0 Å². The molecule has 0 aromatic heterocycles. The third-order valence-electron chi connectivity index (χ3n) is 3.02. The van der Waals surface area contributed by atoms with Crippen LogP contribution in [0.25, 0.3) is 0 Å². The Kier molecular flexibility index (Phi) is 7.11. The molecule has 3 heteroatoms. The number of carbonyl (C=O) groups excluding carboxylic acids is 1. The molecule has 0 heterocycles. The molecule has 0 aliphatic heterocycles. The fourth-order valence-corrected chi connectivity index (χ4v) is 1.86. The molecule has 100 valence electrons. The van der Waals surface area contributed by atoms with Crippen molar-refractivity contribution in [3.63, 3.8) is 0 Å². The zero-order valence-corrected chi connectivity index (χ0v) is 11.2. The molecular formula is C15H24N2O. The van der Waals surface area contributed by atoms with E-state index in [0.717, 1.165) is 25.8 Å². The van der Waals surface area contributed by atoms with Gasteiger partial charge in [0.15, 0.2) is 0 Å². The normalized spacial score (nSPS) is 12.1. The Balaban J connectivity index is 2.10. The number of hydrogen-bond acceptors (Lipinski definition) is 2. The average molecular weight is 248 g/mol. The van der Waals surface area contributed by atoms with Crippen LogP contribution in [-0.2, 0) is 11.2 Å². The van der Waals surface area contributed by atoms with Crippen molar-refractivity contribution in [2.24, 2.45) is 11.7 Å². The maximum atomic E-state index is 11.6. The SMILES string of the molecule is CC(CCN)CNC(=O)CCCc1ccccc1. The average Bonchev–Trinajstić information content (AvgIpc) is 2.38. The van der Waals surface area contributed by atoms with E-state index in [1.807, 2.05) is 18.2 Å². The number of rotatable bonds is 8. The summed E-state index contributed by atoms with van der Waals surface area (Å²) in [4.78, 5) is 11.6. The molecule has 1 atom stereocenters. The summed E-state index contributed by atoms with van der Waals surface area (Å²) in [7, 11) is 0. The van der Waals surface area contributed by atoms with E-state index < -0.39 is 0 Å². The number of carbonyl (C=O) groups is 1. The Morgan fingerprint density at radius 2 is 2.06 bits per heavy atom. The van der Waals surface area contributed by atoms with Crippen molar-refractivity contribution in [2.45, 2.75) is 32.6 Å². The quantitative estimate of drug-likeness (QED) is 0.740. The number of aryl methyl sites for hydroxylation is 1. The third-order valence-corrected chi connectivity index (χ3v) is 3.02. The first-order chi connectivity index (χ1) is 8.72. The highest BCUT2D eigenvalue weighted by Crippen LogP contribution is 2.04. The molecule has 0 saturated heterocycles. The Morgan fingerprint density at radius 1 is 1.33 bits per heavy atom. The van der Waals surface area contributed by atoms with Crippen molar-refractivity contribution in [1.82, 2.24) is 5.32 Å². The van der Waals surface area contributed by atoms with Gasteiger partial charge in [0.05, 0.1) is 0 Å². The van der Waals surface area contributed by atoms with Crippen LogP contribution in [0.5, 0.6) is 0 Å². The molecule has 1 aromatic carbocycles. The summed E-state index contributed by atoms with van der Waals surface area (Å²) in [5.41, 5.74) is 6.76. The van der Waals surface area contributed by atoms with Crippen LogP contribution >= 0.6 is 0 Å². The van der Waals surface area contributed by atoms with Crippen LogP contribution in [-0.4, -0.2) is 19.0 Å². The summed E-state index contributed by atoms with van der Waals surface area (Å²) in [6, 6.07) is 10.3. The molecule has 0 saturated carbocycles. The predicted octanol–water partition coefficient (Wildman–Crippen LogP) is 2.11. The zero-order chi connectivity index (χ0) is 13.2. The van der Waals surface area contributed by atoms with Crippen LogP contribution in [0.4, 0.5) is 0 Å². The molecule has 0 fully saturated rings. The van der Waals surface area contributed by atoms with Crippen molar-refractivity contribution < 1.29 is 4.79 Å². The van der Waals surface area contributed by atoms with Gasteiger partial charge in [-0.1, -0.05) is 37.3 Å². The van der Waals surface area contributed by atoms with Crippen molar-refractivity contribution in [3.05, 3.63) is 35.9 Å². The van der Waals surface area contributed by atoms with Gasteiger partial charge in [0, 0.05) is 13.0 Å². The fourth-order valence-electron chi connectivity index (χ4n) is 1.86. The third kappa shape index (κ3) is 6.40. The summed E-state index contributed by atoms with van der Waals surface area (Å²) in [6.07, 6.45) is 3.43. The largest absolute Gasteiger partial charge is 0.356 e. The molecule has 1 unspecified atom stereocenters. The Hall–Kier alpha value is -1.35. The molecule has 1 amide bonds. The second-order valence-corrected chi connectivity index (χ2v) is 4.83. The van der Waals surface area contributed by atoms with Crippen molar-refractivity contribution in [1.29, 1.82) is 0 Å². The monoisotopic (exact) mass is 248 g/mol. The molecule has 0 spiro atoms. The maximum Gasteiger partial charge on any atom is 0.220 e. The minimum Gasteiger partial charge on any atom is -0.356 e. The highest BCUT2D eigenvalue weighted by atomic mass is 16.1. The molecule has 1 aromatic rings. The summed E-state index contributed by atoms with van der Waals surface area (Å²) in [5, 5.41) is 2.96. The molecule has 0 aliphatic carbocycles. The highest BCUT2D eigenvalue weighted by Gasteiger charge is 2.04. The van der Waals surface area contributed by atoms with Gasteiger partial charge in [-0.15, -0.1) is 0 Å². The summed E-state index contributed by atoms with van der Waals surface area (Å²) >= 11 is 0. The number of benzene rings is 1. The second-order valence-electron chi connectivity index (χ2n) is 4.83. The molecule has 3 nitrogen and oxygen atoms in total. The van der Waals surface area contributed by atoms with Gasteiger partial charge in [-0.25, -0.2) is 0 Å². The van der Waals surface area contributed by atoms with Crippen molar-refractivity contribution >= 4 is 5.91 Å². The van der Waals surface area contributed by atoms with Crippen molar-refractivity contribution in [2.75, 3.05) is 13.1 Å². The highest BCUT2D eigenvalue weighted by molar-refractivity contribution is 5.75. The van der Waals surface area contributed by atoms with Crippen LogP contribution in [0, 0.1) is 5.92 Å².